The molecule has 5 nitrogen and oxygen atoms in total. The van der Waals surface area contributed by atoms with Gasteiger partial charge in [-0.2, -0.15) is 5.01 Å². The first kappa shape index (κ1) is 21.8. The molecule has 0 saturated carbocycles. The van der Waals surface area contributed by atoms with E-state index in [1.165, 1.54) is 5.56 Å². The lowest BCUT2D eigenvalue weighted by molar-refractivity contribution is -0.123. The van der Waals surface area contributed by atoms with E-state index in [0.717, 1.165) is 27.9 Å². The molecule has 1 aliphatic heterocycles. The van der Waals surface area contributed by atoms with Gasteiger partial charge in [-0.25, -0.2) is 0 Å². The van der Waals surface area contributed by atoms with Crippen molar-refractivity contribution in [3.63, 3.8) is 0 Å². The standard InChI is InChI=1S/C25H20N2O3S2/c1-17-11-13-18(14-12-17)16-30-21-10-6-5-9-20(21)15-22-24(29)27(25(31)32-22)26-23(28)19-7-3-2-4-8-19/h2-15H,16H2,1H3,(H,26,28)/b22-15+. The topological polar surface area (TPSA) is 58.6 Å². The first-order valence-electron chi connectivity index (χ1n) is 9.92. The maximum Gasteiger partial charge on any atom is 0.285 e. The molecule has 0 aromatic heterocycles. The smallest absolute Gasteiger partial charge is 0.285 e. The van der Waals surface area contributed by atoms with Crippen molar-refractivity contribution in [2.75, 3.05) is 0 Å². The first-order chi connectivity index (χ1) is 15.5. The Morgan fingerprint density at radius 2 is 1.72 bits per heavy atom. The number of nitrogens with zero attached hydrogens (tertiary/aromatic N) is 1. The average molecular weight is 461 g/mol. The molecule has 3 aromatic rings. The molecular weight excluding hydrogens is 440 g/mol. The van der Waals surface area contributed by atoms with Crippen molar-refractivity contribution in [2.45, 2.75) is 13.5 Å². The van der Waals surface area contributed by atoms with Gasteiger partial charge in [-0.15, -0.1) is 0 Å². The van der Waals surface area contributed by atoms with E-state index in [-0.39, 0.29) is 10.2 Å². The van der Waals surface area contributed by atoms with Crippen LogP contribution in [-0.4, -0.2) is 21.1 Å². The number of hydrazine groups is 1. The van der Waals surface area contributed by atoms with Gasteiger partial charge in [0.1, 0.15) is 12.4 Å². The molecule has 1 aliphatic rings. The van der Waals surface area contributed by atoms with Gasteiger partial charge in [0.2, 0.25) is 0 Å². The molecule has 0 unspecified atom stereocenters. The summed E-state index contributed by atoms with van der Waals surface area (Å²) in [5, 5.41) is 1.11. The molecule has 0 atom stereocenters. The number of hydrogen-bond acceptors (Lipinski definition) is 5. The number of hydrogen-bond donors (Lipinski definition) is 1. The Bertz CT molecular complexity index is 1190. The molecule has 1 N–H and O–H groups in total. The summed E-state index contributed by atoms with van der Waals surface area (Å²) in [7, 11) is 0. The number of para-hydroxylation sites is 1. The van der Waals surface area contributed by atoms with Gasteiger partial charge < -0.3 is 4.74 Å². The van der Waals surface area contributed by atoms with E-state index in [2.05, 4.69) is 5.43 Å². The number of ether oxygens (including phenoxy) is 1. The Morgan fingerprint density at radius 3 is 2.47 bits per heavy atom. The van der Waals surface area contributed by atoms with E-state index >= 15 is 0 Å². The lowest BCUT2D eigenvalue weighted by Gasteiger charge is -2.15. The zero-order chi connectivity index (χ0) is 22.5. The quantitative estimate of drug-likeness (QED) is 0.409. The molecule has 1 heterocycles. The van der Waals surface area contributed by atoms with E-state index in [9.17, 15) is 9.59 Å². The Morgan fingerprint density at radius 1 is 1.03 bits per heavy atom. The highest BCUT2D eigenvalue weighted by atomic mass is 32.2. The molecule has 0 bridgehead atoms. The maximum atomic E-state index is 12.9. The average Bonchev–Trinajstić information content (AvgIpc) is 3.07. The fourth-order valence-corrected chi connectivity index (χ4v) is 4.21. The molecular formula is C25H20N2O3S2. The number of aryl methyl sites for hydroxylation is 1. The largest absolute Gasteiger partial charge is 0.488 e. The van der Waals surface area contributed by atoms with Crippen LogP contribution in [0.15, 0.2) is 83.8 Å². The molecule has 1 fully saturated rings. The van der Waals surface area contributed by atoms with Crippen LogP contribution in [0.5, 0.6) is 5.75 Å². The molecule has 0 aliphatic carbocycles. The Hall–Kier alpha value is -3.42. The molecule has 0 radical (unpaired) electrons. The highest BCUT2D eigenvalue weighted by Crippen LogP contribution is 2.33. The van der Waals surface area contributed by atoms with E-state index in [4.69, 9.17) is 17.0 Å². The van der Waals surface area contributed by atoms with E-state index in [1.54, 1.807) is 30.3 Å². The van der Waals surface area contributed by atoms with E-state index in [0.29, 0.717) is 22.8 Å². The van der Waals surface area contributed by atoms with Gasteiger partial charge in [0.15, 0.2) is 4.32 Å². The maximum absolute atomic E-state index is 12.9. The van der Waals surface area contributed by atoms with Gasteiger partial charge in [0.05, 0.1) is 4.91 Å². The van der Waals surface area contributed by atoms with Crippen LogP contribution in [0.25, 0.3) is 6.08 Å². The van der Waals surface area contributed by atoms with Crippen molar-refractivity contribution in [3.8, 4) is 5.75 Å². The van der Waals surface area contributed by atoms with Crippen LogP contribution in [0, 0.1) is 6.92 Å². The van der Waals surface area contributed by atoms with Gasteiger partial charge in [-0.1, -0.05) is 78.0 Å². The zero-order valence-corrected chi connectivity index (χ0v) is 18.9. The molecule has 0 spiro atoms. The summed E-state index contributed by atoms with van der Waals surface area (Å²) in [5.74, 6) is -0.116. The SMILES string of the molecule is Cc1ccc(COc2ccccc2/C=C2/SC(=S)N(NC(=O)c3ccccc3)C2=O)cc1. The fraction of sp³-hybridized carbons (Fsp3) is 0.0800. The third-order valence-corrected chi connectivity index (χ3v) is 6.07. The minimum Gasteiger partial charge on any atom is -0.488 e. The second kappa shape index (κ2) is 9.80. The van der Waals surface area contributed by atoms with Gasteiger partial charge in [-0.3, -0.25) is 15.0 Å². The highest BCUT2D eigenvalue weighted by molar-refractivity contribution is 8.26. The number of benzene rings is 3. The lowest BCUT2D eigenvalue weighted by Crippen LogP contribution is -2.44. The van der Waals surface area contributed by atoms with Crippen LogP contribution in [-0.2, 0) is 11.4 Å². The highest BCUT2D eigenvalue weighted by Gasteiger charge is 2.34. The van der Waals surface area contributed by atoms with E-state index < -0.39 is 5.91 Å². The number of rotatable bonds is 6. The second-order valence-electron chi connectivity index (χ2n) is 7.14. The fourth-order valence-electron chi connectivity index (χ4n) is 3.04. The molecule has 4 rings (SSSR count). The monoisotopic (exact) mass is 460 g/mol. The van der Waals surface area contributed by atoms with Crippen LogP contribution in [0.3, 0.4) is 0 Å². The molecule has 7 heteroatoms. The third-order valence-electron chi connectivity index (χ3n) is 4.76. The number of amides is 2. The van der Waals surface area contributed by atoms with Crippen molar-refractivity contribution in [1.82, 2.24) is 10.4 Å². The van der Waals surface area contributed by atoms with Gasteiger partial charge in [0.25, 0.3) is 11.8 Å². The van der Waals surface area contributed by atoms with Crippen LogP contribution in [0.2, 0.25) is 0 Å². The summed E-state index contributed by atoms with van der Waals surface area (Å²) in [6.07, 6.45) is 1.73. The van der Waals surface area contributed by atoms with E-state index in [1.807, 2.05) is 61.5 Å². The minimum absolute atomic E-state index is 0.267. The number of thiocarbonyl (C=S) groups is 1. The van der Waals surface area contributed by atoms with Crippen molar-refractivity contribution >= 4 is 46.2 Å². The number of carbonyl (C=O) groups excluding carboxylic acids is 2. The number of nitrogens with one attached hydrogen (secondary N) is 1. The predicted octanol–water partition coefficient (Wildman–Crippen LogP) is 5.12. The Kier molecular flexibility index (Phi) is 6.68. The van der Waals surface area contributed by atoms with Crippen molar-refractivity contribution in [1.29, 1.82) is 0 Å². The van der Waals surface area contributed by atoms with Crippen molar-refractivity contribution in [2.24, 2.45) is 0 Å². The summed E-state index contributed by atoms with van der Waals surface area (Å²) in [5.41, 5.74) is 6.04. The molecule has 160 valence electrons. The summed E-state index contributed by atoms with van der Waals surface area (Å²) < 4.78 is 6.27. The summed E-state index contributed by atoms with van der Waals surface area (Å²) in [6.45, 7) is 2.46. The minimum atomic E-state index is -0.398. The van der Waals surface area contributed by atoms with Gasteiger partial charge >= 0.3 is 0 Å². The van der Waals surface area contributed by atoms with Crippen molar-refractivity contribution in [3.05, 3.63) is 106 Å². The Balaban J connectivity index is 1.49. The van der Waals surface area contributed by atoms with Gasteiger partial charge in [0, 0.05) is 11.1 Å². The molecule has 3 aromatic carbocycles. The number of carbonyl (C=O) groups is 2. The second-order valence-corrected chi connectivity index (χ2v) is 8.81. The zero-order valence-electron chi connectivity index (χ0n) is 17.3. The summed E-state index contributed by atoms with van der Waals surface area (Å²) in [6, 6.07) is 24.3. The van der Waals surface area contributed by atoms with Crippen LogP contribution in [0.1, 0.15) is 27.0 Å². The Labute approximate surface area is 196 Å². The molecule has 32 heavy (non-hydrogen) atoms. The molecule has 2 amide bonds. The van der Waals surface area contributed by atoms with Crippen molar-refractivity contribution < 1.29 is 14.3 Å². The predicted molar refractivity (Wildman–Crippen MR) is 131 cm³/mol. The summed E-state index contributed by atoms with van der Waals surface area (Å²) >= 11 is 6.46. The van der Waals surface area contributed by atoms with Gasteiger partial charge in [-0.05, 0) is 49.0 Å². The summed E-state index contributed by atoms with van der Waals surface area (Å²) in [4.78, 5) is 25.8. The first-order valence-corrected chi connectivity index (χ1v) is 11.1. The van der Waals surface area contributed by atoms with Crippen LogP contribution >= 0.6 is 24.0 Å². The van der Waals surface area contributed by atoms with Crippen LogP contribution in [0.4, 0.5) is 0 Å². The number of thioether (sulfide) groups is 1. The third kappa shape index (κ3) is 5.07. The normalized spacial score (nSPS) is 14.7. The lowest BCUT2D eigenvalue weighted by atomic mass is 10.1. The van der Waals surface area contributed by atoms with Crippen LogP contribution < -0.4 is 10.2 Å². The molecule has 1 saturated heterocycles.